The number of benzene rings is 2. The van der Waals surface area contributed by atoms with Crippen LogP contribution in [0.2, 0.25) is 0 Å². The first kappa shape index (κ1) is 17.8. The molecule has 0 aliphatic rings. The lowest BCUT2D eigenvalue weighted by atomic mass is 10.1. The highest BCUT2D eigenvalue weighted by molar-refractivity contribution is 7.85. The minimum Gasteiger partial charge on any atom is -0.292 e. The molecule has 0 aliphatic heterocycles. The van der Waals surface area contributed by atoms with Gasteiger partial charge < -0.3 is 0 Å². The zero-order chi connectivity index (χ0) is 17.6. The van der Waals surface area contributed by atoms with Crippen molar-refractivity contribution < 1.29 is 13.0 Å². The Morgan fingerprint density at radius 3 is 2.54 bits per heavy atom. The monoisotopic (exact) mass is 345 g/mol. The summed E-state index contributed by atoms with van der Waals surface area (Å²) in [4.78, 5) is 4.11. The summed E-state index contributed by atoms with van der Waals surface area (Å²) in [5.74, 6) is 0. The molecule has 0 heterocycles. The first-order valence-corrected chi connectivity index (χ1v) is 8.72. The summed E-state index contributed by atoms with van der Waals surface area (Å²) in [5, 5.41) is 4.08. The van der Waals surface area contributed by atoms with E-state index in [2.05, 4.69) is 15.5 Å². The van der Waals surface area contributed by atoms with E-state index in [9.17, 15) is 13.0 Å². The summed E-state index contributed by atoms with van der Waals surface area (Å²) >= 11 is 0. The van der Waals surface area contributed by atoms with Gasteiger partial charge in [-0.1, -0.05) is 36.4 Å². The molecule has 7 heteroatoms. The Bertz CT molecular complexity index is 860. The van der Waals surface area contributed by atoms with E-state index in [-0.39, 0.29) is 4.90 Å². The normalized spacial score (nSPS) is 12.5. The third kappa shape index (κ3) is 4.74. The van der Waals surface area contributed by atoms with Crippen LogP contribution in [0.1, 0.15) is 17.5 Å². The van der Waals surface area contributed by atoms with Crippen LogP contribution in [0.25, 0.3) is 0 Å². The van der Waals surface area contributed by atoms with Gasteiger partial charge in [-0.25, -0.2) is 0 Å². The number of rotatable bonds is 6. The minimum atomic E-state index is -4.25. The predicted octanol–water partition coefficient (Wildman–Crippen LogP) is 3.15. The van der Waals surface area contributed by atoms with Crippen LogP contribution < -0.4 is 5.43 Å². The van der Waals surface area contributed by atoms with Gasteiger partial charge in [-0.3, -0.25) is 15.0 Å². The topological polar surface area (TPSA) is 91.1 Å². The molecule has 0 spiro atoms. The first-order chi connectivity index (χ1) is 11.4. The van der Waals surface area contributed by atoms with Crippen LogP contribution in [0, 0.1) is 6.92 Å². The number of nitrogens with one attached hydrogen (secondary N) is 1. The molecule has 24 heavy (non-hydrogen) atoms. The SMILES string of the molecule is CN=C(C/C=N/Nc1ccc(C)c(S(=O)(=O)O)c1)c1ccccc1. The number of anilines is 1. The summed E-state index contributed by atoms with van der Waals surface area (Å²) in [7, 11) is -2.53. The second kappa shape index (κ2) is 7.85. The van der Waals surface area contributed by atoms with Crippen LogP contribution in [-0.4, -0.2) is 31.9 Å². The molecule has 2 aromatic carbocycles. The van der Waals surface area contributed by atoms with Crippen molar-refractivity contribution in [1.29, 1.82) is 0 Å². The largest absolute Gasteiger partial charge is 0.294 e. The Morgan fingerprint density at radius 1 is 1.21 bits per heavy atom. The van der Waals surface area contributed by atoms with E-state index in [1.807, 2.05) is 30.3 Å². The number of aliphatic imine (C=N–C) groups is 1. The van der Waals surface area contributed by atoms with Crippen LogP contribution in [0.3, 0.4) is 0 Å². The van der Waals surface area contributed by atoms with E-state index in [1.165, 1.54) is 6.07 Å². The van der Waals surface area contributed by atoms with Crippen molar-refractivity contribution >= 4 is 27.7 Å². The molecule has 2 aromatic rings. The Hall–Kier alpha value is -2.51. The highest BCUT2D eigenvalue weighted by Crippen LogP contribution is 2.19. The van der Waals surface area contributed by atoms with E-state index < -0.39 is 10.1 Å². The third-order valence-electron chi connectivity index (χ3n) is 3.41. The highest BCUT2D eigenvalue weighted by Gasteiger charge is 2.13. The Balaban J connectivity index is 2.05. The molecule has 0 saturated carbocycles. The molecule has 0 amide bonds. The molecule has 0 unspecified atom stereocenters. The summed E-state index contributed by atoms with van der Waals surface area (Å²) in [6.07, 6.45) is 2.19. The van der Waals surface area contributed by atoms with Crippen molar-refractivity contribution in [2.24, 2.45) is 10.1 Å². The molecule has 0 atom stereocenters. The van der Waals surface area contributed by atoms with Gasteiger partial charge >= 0.3 is 0 Å². The minimum absolute atomic E-state index is 0.136. The van der Waals surface area contributed by atoms with Gasteiger partial charge in [0.15, 0.2) is 0 Å². The van der Waals surface area contributed by atoms with Crippen molar-refractivity contribution in [1.82, 2.24) is 0 Å². The van der Waals surface area contributed by atoms with Crippen LogP contribution >= 0.6 is 0 Å². The van der Waals surface area contributed by atoms with Gasteiger partial charge in [0.2, 0.25) is 0 Å². The molecule has 0 aliphatic carbocycles. The molecular weight excluding hydrogens is 326 g/mol. The van der Waals surface area contributed by atoms with E-state index >= 15 is 0 Å². The van der Waals surface area contributed by atoms with Gasteiger partial charge in [0.05, 0.1) is 10.6 Å². The van der Waals surface area contributed by atoms with Crippen molar-refractivity contribution in [3.05, 3.63) is 59.7 Å². The van der Waals surface area contributed by atoms with E-state index in [0.717, 1.165) is 11.3 Å². The van der Waals surface area contributed by atoms with Crippen LogP contribution in [0.15, 0.2) is 63.5 Å². The molecule has 6 nitrogen and oxygen atoms in total. The Kier molecular flexibility index (Phi) is 5.83. The molecule has 0 saturated heterocycles. The molecule has 126 valence electrons. The maximum absolute atomic E-state index is 11.3. The van der Waals surface area contributed by atoms with Gasteiger partial charge in [-0.05, 0) is 30.2 Å². The molecule has 0 aromatic heterocycles. The molecule has 0 radical (unpaired) electrons. The fraction of sp³-hybridized carbons (Fsp3) is 0.176. The van der Waals surface area contributed by atoms with Gasteiger partial charge in [0.1, 0.15) is 0 Å². The predicted molar refractivity (Wildman–Crippen MR) is 96.6 cm³/mol. The van der Waals surface area contributed by atoms with Crippen LogP contribution in [0.4, 0.5) is 5.69 Å². The summed E-state index contributed by atoms with van der Waals surface area (Å²) < 4.78 is 31.8. The van der Waals surface area contributed by atoms with Crippen LogP contribution in [-0.2, 0) is 10.1 Å². The van der Waals surface area contributed by atoms with Crippen molar-refractivity contribution in [3.63, 3.8) is 0 Å². The van der Waals surface area contributed by atoms with Gasteiger partial charge in [0, 0.05) is 25.4 Å². The van der Waals surface area contributed by atoms with Crippen molar-refractivity contribution in [2.45, 2.75) is 18.2 Å². The molecule has 2 rings (SSSR count). The first-order valence-electron chi connectivity index (χ1n) is 7.28. The molecule has 0 fully saturated rings. The second-order valence-electron chi connectivity index (χ2n) is 5.12. The fourth-order valence-electron chi connectivity index (χ4n) is 2.17. The van der Waals surface area contributed by atoms with Crippen LogP contribution in [0.5, 0.6) is 0 Å². The number of nitrogens with zero attached hydrogens (tertiary/aromatic N) is 2. The lowest BCUT2D eigenvalue weighted by molar-refractivity contribution is 0.482. The maximum atomic E-state index is 11.3. The zero-order valence-corrected chi connectivity index (χ0v) is 14.3. The maximum Gasteiger partial charge on any atom is 0.294 e. The molecule has 2 N–H and O–H groups in total. The fourth-order valence-corrected chi connectivity index (χ4v) is 2.92. The molecular formula is C17H19N3O3S. The molecule has 0 bridgehead atoms. The summed E-state index contributed by atoms with van der Waals surface area (Å²) in [6, 6.07) is 14.4. The average Bonchev–Trinajstić information content (AvgIpc) is 2.56. The Labute approximate surface area is 141 Å². The number of aryl methyl sites for hydroxylation is 1. The van der Waals surface area contributed by atoms with Gasteiger partial charge in [-0.2, -0.15) is 13.5 Å². The quantitative estimate of drug-likeness (QED) is 0.478. The second-order valence-corrected chi connectivity index (χ2v) is 6.51. The third-order valence-corrected chi connectivity index (χ3v) is 4.41. The van der Waals surface area contributed by atoms with Gasteiger partial charge in [0.25, 0.3) is 10.1 Å². The van der Waals surface area contributed by atoms with Crippen molar-refractivity contribution in [3.8, 4) is 0 Å². The smallest absolute Gasteiger partial charge is 0.292 e. The summed E-state index contributed by atoms with van der Waals surface area (Å²) in [6.45, 7) is 1.61. The van der Waals surface area contributed by atoms with E-state index in [1.54, 1.807) is 32.3 Å². The lowest BCUT2D eigenvalue weighted by Crippen LogP contribution is -2.03. The van der Waals surface area contributed by atoms with Crippen molar-refractivity contribution in [2.75, 3.05) is 12.5 Å². The number of hydrazone groups is 1. The summed E-state index contributed by atoms with van der Waals surface area (Å²) in [5.41, 5.74) is 5.61. The Morgan fingerprint density at radius 2 is 1.92 bits per heavy atom. The number of hydrogen-bond acceptors (Lipinski definition) is 5. The zero-order valence-electron chi connectivity index (χ0n) is 13.5. The van der Waals surface area contributed by atoms with Gasteiger partial charge in [-0.15, -0.1) is 0 Å². The van der Waals surface area contributed by atoms with E-state index in [0.29, 0.717) is 17.7 Å². The number of hydrogen-bond donors (Lipinski definition) is 2. The van der Waals surface area contributed by atoms with E-state index in [4.69, 9.17) is 0 Å². The average molecular weight is 345 g/mol. The lowest BCUT2D eigenvalue weighted by Gasteiger charge is -2.06. The highest BCUT2D eigenvalue weighted by atomic mass is 32.2. The standard InChI is InChI=1S/C17H19N3O3S/c1-13-8-9-15(12-17(13)24(21,22)23)20-19-11-10-16(18-2)14-6-4-3-5-7-14/h3-9,11-12,20H,10H2,1-2H3,(H,21,22,23)/b18-16?,19-11+.